The number of aliphatic hydroxyl groups excluding tert-OH is 1. The van der Waals surface area contributed by atoms with Gasteiger partial charge < -0.3 is 21.3 Å². The Labute approximate surface area is 274 Å². The van der Waals surface area contributed by atoms with Crippen LogP contribution in [0.1, 0.15) is 37.0 Å². The van der Waals surface area contributed by atoms with Gasteiger partial charge in [0.2, 0.25) is 21.8 Å². The van der Waals surface area contributed by atoms with Crippen molar-refractivity contribution in [3.05, 3.63) is 107 Å². The minimum absolute atomic E-state index is 0.0389. The van der Waals surface area contributed by atoms with Crippen molar-refractivity contribution in [1.82, 2.24) is 14.5 Å². The number of hydrogen-bond donors (Lipinski definition) is 4. The average molecular weight is 668 g/mol. The monoisotopic (exact) mass is 667 g/mol. The lowest BCUT2D eigenvalue weighted by Crippen LogP contribution is -2.57. The number of carboxylic acid groups (broad SMARTS) is 1. The predicted octanol–water partition coefficient (Wildman–Crippen LogP) is 3.11. The zero-order chi connectivity index (χ0) is 34.6. The van der Waals surface area contributed by atoms with E-state index in [0.717, 1.165) is 9.21 Å². The molecule has 14 heteroatoms. The van der Waals surface area contributed by atoms with Crippen molar-refractivity contribution in [2.75, 3.05) is 13.1 Å². The number of hydrogen-bond acceptors (Lipinski definition) is 8. The van der Waals surface area contributed by atoms with Gasteiger partial charge in [-0.05, 0) is 41.2 Å². The fourth-order valence-electron chi connectivity index (χ4n) is 5.06. The number of nitrogens with zero attached hydrogens (tertiary/aromatic N) is 3. The van der Waals surface area contributed by atoms with Crippen LogP contribution >= 0.6 is 0 Å². The summed E-state index contributed by atoms with van der Waals surface area (Å²) in [6, 6.07) is 20.4. The van der Waals surface area contributed by atoms with Crippen molar-refractivity contribution in [1.29, 1.82) is 0 Å². The molecule has 0 spiro atoms. The van der Waals surface area contributed by atoms with Crippen LogP contribution in [-0.2, 0) is 39.1 Å². The van der Waals surface area contributed by atoms with E-state index in [0.29, 0.717) is 16.7 Å². The number of aliphatic hydroxyl groups is 1. The molecular weight excluding hydrogens is 626 g/mol. The van der Waals surface area contributed by atoms with Gasteiger partial charge >= 0.3 is 6.09 Å². The molecule has 0 fully saturated rings. The first kappa shape index (κ1) is 36.8. The van der Waals surface area contributed by atoms with Gasteiger partial charge in [-0.1, -0.05) is 91.8 Å². The molecule has 47 heavy (non-hydrogen) atoms. The van der Waals surface area contributed by atoms with Gasteiger partial charge in [-0.2, -0.15) is 9.21 Å². The van der Waals surface area contributed by atoms with E-state index in [4.69, 9.17) is 5.73 Å². The van der Waals surface area contributed by atoms with Crippen molar-refractivity contribution in [2.24, 2.45) is 16.8 Å². The Morgan fingerprint density at radius 1 is 0.872 bits per heavy atom. The Balaban J connectivity index is 1.95. The van der Waals surface area contributed by atoms with E-state index in [1.54, 1.807) is 60.7 Å². The number of nitrogens with two attached hydrogens (primary N) is 1. The maximum atomic E-state index is 13.8. The van der Waals surface area contributed by atoms with Gasteiger partial charge in [0, 0.05) is 19.6 Å². The minimum atomic E-state index is -4.14. The van der Waals surface area contributed by atoms with Gasteiger partial charge in [-0.25, -0.2) is 13.2 Å². The summed E-state index contributed by atoms with van der Waals surface area (Å²) in [4.78, 5) is 49.6. The quantitative estimate of drug-likeness (QED) is 0.148. The summed E-state index contributed by atoms with van der Waals surface area (Å²) in [6.07, 6.45) is -3.48. The van der Waals surface area contributed by atoms with Crippen molar-refractivity contribution in [2.45, 2.75) is 62.9 Å². The molecule has 3 aromatic carbocycles. The molecule has 0 radical (unpaired) electrons. The van der Waals surface area contributed by atoms with Gasteiger partial charge in [-0.15, -0.1) is 0 Å². The highest BCUT2D eigenvalue weighted by Gasteiger charge is 2.36. The normalized spacial score (nSPS) is 13.5. The number of primary amides is 1. The predicted molar refractivity (Wildman–Crippen MR) is 175 cm³/mol. The molecule has 0 aliphatic heterocycles. The molecule has 3 atom stereocenters. The fourth-order valence-corrected chi connectivity index (χ4v) is 6.68. The Kier molecular flexibility index (Phi) is 13.6. The van der Waals surface area contributed by atoms with Gasteiger partial charge in [0.05, 0.1) is 23.5 Å². The van der Waals surface area contributed by atoms with Crippen LogP contribution in [0.5, 0.6) is 0 Å². The fraction of sp³-hybridized carbons (Fsp3) is 0.364. The van der Waals surface area contributed by atoms with Crippen LogP contribution in [0.25, 0.3) is 0 Å². The van der Waals surface area contributed by atoms with E-state index >= 15 is 0 Å². The standard InChI is InChI=1S/C33H41N5O8S/c1-23(2)20-37(47(45,46)27-15-13-25(14-16-27)19-35-44)22-30(39)28(17-24-9-5-3-6-10-24)36-32(41)29(18-31(34)40)38(33(42)43)21-26-11-7-4-8-12-26/h3-16,23,28-30,39H,17-22H2,1-2H3,(H2,34,40)(H,36,41)(H,42,43)/t28-,29-,30+/m0/s1. The van der Waals surface area contributed by atoms with Crippen LogP contribution in [0.2, 0.25) is 0 Å². The zero-order valence-electron chi connectivity index (χ0n) is 26.3. The Bertz CT molecular complexity index is 1590. The molecule has 0 aliphatic carbocycles. The SMILES string of the molecule is CC(C)CN(C[C@@H](O)[C@H](Cc1ccccc1)NC(=O)[C@H](CC(N)=O)N(Cc1ccccc1)C(=O)O)S(=O)(=O)c1ccc(CN=O)cc1. The summed E-state index contributed by atoms with van der Waals surface area (Å²) < 4.78 is 28.6. The average Bonchev–Trinajstić information content (AvgIpc) is 3.03. The number of carbonyl (C=O) groups is 3. The minimum Gasteiger partial charge on any atom is -0.465 e. The van der Waals surface area contributed by atoms with Crippen molar-refractivity contribution < 1.29 is 33.0 Å². The third-order valence-electron chi connectivity index (χ3n) is 7.37. The molecule has 3 aromatic rings. The number of carbonyl (C=O) groups excluding carboxylic acids is 2. The van der Waals surface area contributed by atoms with Crippen LogP contribution in [0.4, 0.5) is 4.79 Å². The summed E-state index contributed by atoms with van der Waals surface area (Å²) in [5.74, 6) is -1.92. The van der Waals surface area contributed by atoms with Gasteiger partial charge in [-0.3, -0.25) is 14.5 Å². The molecule has 0 saturated heterocycles. The Morgan fingerprint density at radius 2 is 1.45 bits per heavy atom. The third kappa shape index (κ3) is 11.0. The molecule has 0 aromatic heterocycles. The van der Waals surface area contributed by atoms with Crippen LogP contribution in [0, 0.1) is 10.8 Å². The number of rotatable bonds is 18. The van der Waals surface area contributed by atoms with Gasteiger partial charge in [0.1, 0.15) is 12.6 Å². The molecule has 0 aliphatic rings. The van der Waals surface area contributed by atoms with Crippen LogP contribution in [0.3, 0.4) is 0 Å². The summed E-state index contributed by atoms with van der Waals surface area (Å²) >= 11 is 0. The first-order chi connectivity index (χ1) is 22.3. The highest BCUT2D eigenvalue weighted by molar-refractivity contribution is 7.89. The second kappa shape index (κ2) is 17.3. The van der Waals surface area contributed by atoms with Gasteiger partial charge in [0.25, 0.3) is 0 Å². The number of amides is 3. The molecule has 0 heterocycles. The second-order valence-electron chi connectivity index (χ2n) is 11.6. The van der Waals surface area contributed by atoms with Crippen LogP contribution in [0.15, 0.2) is 95.0 Å². The van der Waals surface area contributed by atoms with E-state index in [2.05, 4.69) is 10.5 Å². The van der Waals surface area contributed by atoms with Crippen molar-refractivity contribution in [3.63, 3.8) is 0 Å². The highest BCUT2D eigenvalue weighted by atomic mass is 32.2. The van der Waals surface area contributed by atoms with E-state index < -0.39 is 59.1 Å². The van der Waals surface area contributed by atoms with E-state index in [-0.39, 0.29) is 36.9 Å². The smallest absolute Gasteiger partial charge is 0.408 e. The molecule has 3 rings (SSSR count). The largest absolute Gasteiger partial charge is 0.465 e. The molecule has 0 bridgehead atoms. The molecular formula is C33H41N5O8S. The number of nitrogens with one attached hydrogen (secondary N) is 1. The van der Waals surface area contributed by atoms with E-state index in [1.165, 1.54) is 24.3 Å². The lowest BCUT2D eigenvalue weighted by Gasteiger charge is -2.33. The van der Waals surface area contributed by atoms with Crippen molar-refractivity contribution >= 4 is 27.9 Å². The summed E-state index contributed by atoms with van der Waals surface area (Å²) in [5.41, 5.74) is 7.25. The Hall–Kier alpha value is -4.66. The molecule has 3 amide bonds. The molecule has 0 unspecified atom stereocenters. The molecule has 252 valence electrons. The zero-order valence-corrected chi connectivity index (χ0v) is 27.1. The highest BCUT2D eigenvalue weighted by Crippen LogP contribution is 2.21. The first-order valence-corrected chi connectivity index (χ1v) is 16.5. The summed E-state index contributed by atoms with van der Waals surface area (Å²) in [6.45, 7) is 2.93. The number of benzene rings is 3. The molecule has 0 saturated carbocycles. The van der Waals surface area contributed by atoms with Crippen LogP contribution < -0.4 is 11.1 Å². The summed E-state index contributed by atoms with van der Waals surface area (Å²) in [5, 5.41) is 27.1. The number of sulfonamides is 1. The number of nitroso groups, excluding NO2 is 1. The molecule has 13 nitrogen and oxygen atoms in total. The van der Waals surface area contributed by atoms with Gasteiger partial charge in [0.15, 0.2) is 0 Å². The maximum Gasteiger partial charge on any atom is 0.408 e. The lowest BCUT2D eigenvalue weighted by atomic mass is 9.99. The third-order valence-corrected chi connectivity index (χ3v) is 9.22. The topological polar surface area (TPSA) is 200 Å². The molecule has 5 N–H and O–H groups in total. The first-order valence-electron chi connectivity index (χ1n) is 15.0. The van der Waals surface area contributed by atoms with E-state index in [9.17, 15) is 37.9 Å². The lowest BCUT2D eigenvalue weighted by molar-refractivity contribution is -0.131. The summed E-state index contributed by atoms with van der Waals surface area (Å²) in [7, 11) is -4.14. The Morgan fingerprint density at radius 3 is 1.96 bits per heavy atom. The maximum absolute atomic E-state index is 13.8. The van der Waals surface area contributed by atoms with E-state index in [1.807, 2.05) is 13.8 Å². The second-order valence-corrected chi connectivity index (χ2v) is 13.5. The van der Waals surface area contributed by atoms with Crippen molar-refractivity contribution in [3.8, 4) is 0 Å². The van der Waals surface area contributed by atoms with Crippen LogP contribution in [-0.4, -0.2) is 77.0 Å².